The highest BCUT2D eigenvalue weighted by Gasteiger charge is 2.38. The van der Waals surface area contributed by atoms with Gasteiger partial charge in [0, 0.05) is 35.5 Å². The molecule has 1 saturated heterocycles. The van der Waals surface area contributed by atoms with Crippen LogP contribution in [0.15, 0.2) is 18.5 Å². The maximum atomic E-state index is 3.57. The van der Waals surface area contributed by atoms with Gasteiger partial charge in [-0.25, -0.2) is 0 Å². The minimum atomic E-state index is 0.427. The third-order valence-electron chi connectivity index (χ3n) is 2.68. The van der Waals surface area contributed by atoms with E-state index in [2.05, 4.69) is 30.2 Å². The van der Waals surface area contributed by atoms with Gasteiger partial charge in [0.2, 0.25) is 0 Å². The average Bonchev–Trinajstić information content (AvgIpc) is 2.55. The first kappa shape index (κ1) is 9.16. The van der Waals surface area contributed by atoms with Gasteiger partial charge in [0.15, 0.2) is 0 Å². The average molecular weight is 196 g/mol. The molecule has 1 unspecified atom stereocenters. The van der Waals surface area contributed by atoms with Crippen LogP contribution in [-0.2, 0) is 6.54 Å². The number of rotatable bonds is 3. The predicted molar refractivity (Wildman–Crippen MR) is 58.0 cm³/mol. The van der Waals surface area contributed by atoms with Crippen molar-refractivity contribution in [2.24, 2.45) is 0 Å². The molecule has 2 N–H and O–H groups in total. The molecule has 0 bridgehead atoms. The van der Waals surface area contributed by atoms with Crippen LogP contribution in [0.1, 0.15) is 19.4 Å². The SMILES string of the molecule is CC1(C)SCC1NCc1cc[nH]c1. The van der Waals surface area contributed by atoms with Gasteiger partial charge in [-0.3, -0.25) is 0 Å². The van der Waals surface area contributed by atoms with Gasteiger partial charge in [-0.15, -0.1) is 0 Å². The Bertz CT molecular complexity index is 266. The van der Waals surface area contributed by atoms with Crippen molar-refractivity contribution in [2.45, 2.75) is 31.2 Å². The molecule has 0 radical (unpaired) electrons. The molecule has 0 spiro atoms. The summed E-state index contributed by atoms with van der Waals surface area (Å²) >= 11 is 2.04. The predicted octanol–water partition coefficient (Wildman–Crippen LogP) is 2.00. The topological polar surface area (TPSA) is 27.8 Å². The second-order valence-corrected chi connectivity index (χ2v) is 5.74. The van der Waals surface area contributed by atoms with Crippen LogP contribution in [-0.4, -0.2) is 21.5 Å². The normalized spacial score (nSPS) is 25.5. The van der Waals surface area contributed by atoms with E-state index in [0.717, 1.165) is 6.54 Å². The molecule has 1 aliphatic rings. The van der Waals surface area contributed by atoms with Gasteiger partial charge in [0.1, 0.15) is 0 Å². The molecule has 1 atom stereocenters. The lowest BCUT2D eigenvalue weighted by molar-refractivity contribution is 0.436. The molecule has 72 valence electrons. The van der Waals surface area contributed by atoms with Crippen LogP contribution < -0.4 is 5.32 Å². The van der Waals surface area contributed by atoms with Gasteiger partial charge in [0.05, 0.1) is 0 Å². The molecule has 13 heavy (non-hydrogen) atoms. The molecule has 2 rings (SSSR count). The zero-order valence-corrected chi connectivity index (χ0v) is 8.95. The molecule has 0 aromatic carbocycles. The Morgan fingerprint density at radius 2 is 2.54 bits per heavy atom. The van der Waals surface area contributed by atoms with Gasteiger partial charge in [-0.1, -0.05) is 0 Å². The molecular weight excluding hydrogens is 180 g/mol. The van der Waals surface area contributed by atoms with Gasteiger partial charge in [0.25, 0.3) is 0 Å². The number of thioether (sulfide) groups is 1. The van der Waals surface area contributed by atoms with Crippen LogP contribution in [0.3, 0.4) is 0 Å². The second kappa shape index (κ2) is 3.39. The number of hydrogen-bond acceptors (Lipinski definition) is 2. The number of H-pyrrole nitrogens is 1. The summed E-state index contributed by atoms with van der Waals surface area (Å²) in [6, 6.07) is 2.79. The van der Waals surface area contributed by atoms with E-state index in [1.165, 1.54) is 11.3 Å². The van der Waals surface area contributed by atoms with Crippen molar-refractivity contribution < 1.29 is 0 Å². The lowest BCUT2D eigenvalue weighted by Crippen LogP contribution is -2.54. The Morgan fingerprint density at radius 3 is 3.00 bits per heavy atom. The molecule has 2 nitrogen and oxygen atoms in total. The Kier molecular flexibility index (Phi) is 2.39. The minimum absolute atomic E-state index is 0.427. The third-order valence-corrected chi connectivity index (χ3v) is 4.20. The molecule has 0 amide bonds. The van der Waals surface area contributed by atoms with E-state index in [1.807, 2.05) is 24.2 Å². The number of hydrogen-bond donors (Lipinski definition) is 2. The maximum Gasteiger partial charge on any atom is 0.0303 e. The maximum absolute atomic E-state index is 3.57. The second-order valence-electron chi connectivity index (χ2n) is 4.07. The summed E-state index contributed by atoms with van der Waals surface area (Å²) in [5, 5.41) is 3.57. The number of aromatic nitrogens is 1. The van der Waals surface area contributed by atoms with Crippen molar-refractivity contribution in [3.8, 4) is 0 Å². The lowest BCUT2D eigenvalue weighted by atomic mass is 10.0. The van der Waals surface area contributed by atoms with Crippen molar-refractivity contribution in [3.05, 3.63) is 24.0 Å². The highest BCUT2D eigenvalue weighted by Crippen LogP contribution is 2.39. The highest BCUT2D eigenvalue weighted by atomic mass is 32.2. The molecule has 2 heterocycles. The van der Waals surface area contributed by atoms with Crippen molar-refractivity contribution in [1.82, 2.24) is 10.3 Å². The smallest absolute Gasteiger partial charge is 0.0303 e. The molecular formula is C10H16N2S. The zero-order valence-electron chi connectivity index (χ0n) is 8.13. The van der Waals surface area contributed by atoms with Crippen molar-refractivity contribution in [2.75, 3.05) is 5.75 Å². The number of nitrogens with one attached hydrogen (secondary N) is 2. The third kappa shape index (κ3) is 1.92. The van der Waals surface area contributed by atoms with Gasteiger partial charge in [-0.2, -0.15) is 11.8 Å². The van der Waals surface area contributed by atoms with Crippen LogP contribution in [0.25, 0.3) is 0 Å². The lowest BCUT2D eigenvalue weighted by Gasteiger charge is -2.44. The summed E-state index contributed by atoms with van der Waals surface area (Å²) in [6.45, 7) is 5.59. The van der Waals surface area contributed by atoms with Crippen LogP contribution >= 0.6 is 11.8 Å². The summed E-state index contributed by atoms with van der Waals surface area (Å²) in [7, 11) is 0. The Hall–Kier alpha value is -0.410. The van der Waals surface area contributed by atoms with E-state index in [4.69, 9.17) is 0 Å². The Labute approximate surface area is 83.5 Å². The fourth-order valence-electron chi connectivity index (χ4n) is 1.51. The van der Waals surface area contributed by atoms with Crippen molar-refractivity contribution in [3.63, 3.8) is 0 Å². The summed E-state index contributed by atoms with van der Waals surface area (Å²) in [6.07, 6.45) is 4.02. The first-order valence-corrected chi connectivity index (χ1v) is 5.66. The first-order valence-electron chi connectivity index (χ1n) is 4.67. The molecule has 3 heteroatoms. The molecule has 1 fully saturated rings. The van der Waals surface area contributed by atoms with E-state index in [1.54, 1.807) is 0 Å². The van der Waals surface area contributed by atoms with E-state index in [9.17, 15) is 0 Å². The molecule has 1 aliphatic heterocycles. The van der Waals surface area contributed by atoms with Crippen LogP contribution in [0.2, 0.25) is 0 Å². The summed E-state index contributed by atoms with van der Waals surface area (Å²) in [4.78, 5) is 3.07. The van der Waals surface area contributed by atoms with Crippen LogP contribution in [0, 0.1) is 0 Å². The first-order chi connectivity index (χ1) is 6.18. The summed E-state index contributed by atoms with van der Waals surface area (Å²) in [5.41, 5.74) is 1.34. The molecule has 1 aromatic rings. The fraction of sp³-hybridized carbons (Fsp3) is 0.600. The largest absolute Gasteiger partial charge is 0.367 e. The molecule has 1 aromatic heterocycles. The van der Waals surface area contributed by atoms with Crippen LogP contribution in [0.5, 0.6) is 0 Å². The minimum Gasteiger partial charge on any atom is -0.367 e. The van der Waals surface area contributed by atoms with Crippen LogP contribution in [0.4, 0.5) is 0 Å². The number of aromatic amines is 1. The monoisotopic (exact) mass is 196 g/mol. The van der Waals surface area contributed by atoms with E-state index >= 15 is 0 Å². The van der Waals surface area contributed by atoms with Gasteiger partial charge in [-0.05, 0) is 25.5 Å². The quantitative estimate of drug-likeness (QED) is 0.774. The Balaban J connectivity index is 1.81. The molecule has 0 saturated carbocycles. The molecule has 0 aliphatic carbocycles. The Morgan fingerprint density at radius 1 is 1.69 bits per heavy atom. The van der Waals surface area contributed by atoms with Gasteiger partial charge >= 0.3 is 0 Å². The van der Waals surface area contributed by atoms with Crippen molar-refractivity contribution in [1.29, 1.82) is 0 Å². The van der Waals surface area contributed by atoms with Crippen molar-refractivity contribution >= 4 is 11.8 Å². The summed E-state index contributed by atoms with van der Waals surface area (Å²) in [5.74, 6) is 1.25. The summed E-state index contributed by atoms with van der Waals surface area (Å²) < 4.78 is 0.427. The highest BCUT2D eigenvalue weighted by molar-refractivity contribution is 8.02. The van der Waals surface area contributed by atoms with E-state index in [0.29, 0.717) is 10.8 Å². The van der Waals surface area contributed by atoms with E-state index in [-0.39, 0.29) is 0 Å². The van der Waals surface area contributed by atoms with Gasteiger partial charge < -0.3 is 10.3 Å². The fourth-order valence-corrected chi connectivity index (χ4v) is 2.72. The zero-order chi connectivity index (χ0) is 9.31. The standard InChI is InChI=1S/C10H16N2S/c1-10(2)9(7-13-10)12-6-8-3-4-11-5-8/h3-5,9,11-12H,6-7H2,1-2H3. The van der Waals surface area contributed by atoms with E-state index < -0.39 is 0 Å².